The zero-order chi connectivity index (χ0) is 23.5. The van der Waals surface area contributed by atoms with Crippen molar-refractivity contribution in [3.8, 4) is 11.1 Å². The van der Waals surface area contributed by atoms with Gasteiger partial charge in [-0.15, -0.1) is 0 Å². The predicted octanol–water partition coefficient (Wildman–Crippen LogP) is 6.35. The van der Waals surface area contributed by atoms with Crippen LogP contribution in [-0.4, -0.2) is 11.8 Å². The van der Waals surface area contributed by atoms with Crippen LogP contribution in [0.15, 0.2) is 109 Å². The Balaban J connectivity index is 0.000000215. The van der Waals surface area contributed by atoms with Gasteiger partial charge in [-0.3, -0.25) is 9.59 Å². The minimum Gasteiger partial charge on any atom is -0.267 e. The summed E-state index contributed by atoms with van der Waals surface area (Å²) in [5.74, 6) is -1.08. The Labute approximate surface area is 201 Å². The summed E-state index contributed by atoms with van der Waals surface area (Å²) in [5.41, 5.74) is 7.32. The summed E-state index contributed by atoms with van der Waals surface area (Å²) >= 11 is 11.5. The predicted molar refractivity (Wildman–Crippen MR) is 131 cm³/mol. The van der Waals surface area contributed by atoms with Crippen LogP contribution in [0.1, 0.15) is 20.7 Å². The van der Waals surface area contributed by atoms with Gasteiger partial charge in [-0.25, -0.2) is 11.0 Å². The molecule has 0 aliphatic carbocycles. The minimum atomic E-state index is -0.538. The van der Waals surface area contributed by atoms with Crippen LogP contribution in [0.25, 0.3) is 11.1 Å². The van der Waals surface area contributed by atoms with E-state index < -0.39 is 11.8 Å². The first kappa shape index (κ1) is 24.0. The number of hydroxylamine groups is 2. The number of hydrogen-bond donors (Lipinski definition) is 2. The molecular formula is C26H20Cl2N2O3. The Hall–Kier alpha value is -3.64. The largest absolute Gasteiger partial charge is 0.276 e. The summed E-state index contributed by atoms with van der Waals surface area (Å²) < 4.78 is 0. The van der Waals surface area contributed by atoms with Crippen molar-refractivity contribution in [1.82, 2.24) is 11.0 Å². The fraction of sp³-hybridized carbons (Fsp3) is 0. The average molecular weight is 479 g/mol. The lowest BCUT2D eigenvalue weighted by atomic mass is 10.1. The van der Waals surface area contributed by atoms with Crippen LogP contribution in [0.2, 0.25) is 10.0 Å². The summed E-state index contributed by atoms with van der Waals surface area (Å²) in [7, 11) is 0. The molecule has 0 heterocycles. The van der Waals surface area contributed by atoms with Crippen LogP contribution in [0.3, 0.4) is 0 Å². The normalized spacial score (nSPS) is 9.88. The van der Waals surface area contributed by atoms with E-state index in [1.807, 2.05) is 12.1 Å². The van der Waals surface area contributed by atoms with E-state index in [0.29, 0.717) is 21.2 Å². The van der Waals surface area contributed by atoms with Crippen LogP contribution in [0, 0.1) is 0 Å². The highest BCUT2D eigenvalue weighted by Crippen LogP contribution is 2.17. The van der Waals surface area contributed by atoms with Gasteiger partial charge in [0.15, 0.2) is 0 Å². The van der Waals surface area contributed by atoms with Crippen molar-refractivity contribution < 1.29 is 14.5 Å². The second-order valence-electron chi connectivity index (χ2n) is 6.72. The number of carbonyl (C=O) groups excluding carboxylic acids is 2. The molecule has 0 spiro atoms. The van der Waals surface area contributed by atoms with Crippen molar-refractivity contribution in [2.24, 2.45) is 0 Å². The quantitative estimate of drug-likeness (QED) is 0.328. The molecule has 7 heteroatoms. The third-order valence-electron chi connectivity index (χ3n) is 4.34. The highest BCUT2D eigenvalue weighted by molar-refractivity contribution is 6.31. The number of rotatable bonds is 5. The molecule has 5 nitrogen and oxygen atoms in total. The van der Waals surface area contributed by atoms with Crippen LogP contribution in [-0.2, 0) is 4.94 Å². The third kappa shape index (κ3) is 7.77. The van der Waals surface area contributed by atoms with Gasteiger partial charge in [0.2, 0.25) is 0 Å². The topological polar surface area (TPSA) is 67.4 Å². The van der Waals surface area contributed by atoms with Crippen molar-refractivity contribution in [3.63, 3.8) is 0 Å². The van der Waals surface area contributed by atoms with Gasteiger partial charge in [-0.05, 0) is 47.5 Å². The zero-order valence-electron chi connectivity index (χ0n) is 17.4. The van der Waals surface area contributed by atoms with E-state index in [1.54, 1.807) is 36.4 Å². The monoisotopic (exact) mass is 478 g/mol. The number of amides is 2. The lowest BCUT2D eigenvalue weighted by Gasteiger charge is -2.07. The molecular weight excluding hydrogens is 459 g/mol. The van der Waals surface area contributed by atoms with Gasteiger partial charge in [0.05, 0.1) is 0 Å². The molecule has 4 aromatic carbocycles. The standard InChI is InChI=1S/C14H10Cl2N2O3.C12H10/c15-11-5-1-3-9(7-11)13(19)17-21-18-14(20)10-4-2-6-12(16)8-10;1-3-7-11(8-4-1)12-9-5-2-6-10-12/h1-8H,(H,17,19)(H,18,20);1-10H. The van der Waals surface area contributed by atoms with E-state index in [1.165, 1.54) is 23.3 Å². The van der Waals surface area contributed by atoms with Gasteiger partial charge in [-0.2, -0.15) is 4.94 Å². The molecule has 0 saturated carbocycles. The Kier molecular flexibility index (Phi) is 9.03. The van der Waals surface area contributed by atoms with Crippen molar-refractivity contribution >= 4 is 35.0 Å². The molecule has 4 aromatic rings. The van der Waals surface area contributed by atoms with Gasteiger partial charge in [0.1, 0.15) is 0 Å². The van der Waals surface area contributed by atoms with Crippen molar-refractivity contribution in [2.75, 3.05) is 0 Å². The maximum Gasteiger partial charge on any atom is 0.276 e. The maximum absolute atomic E-state index is 11.7. The first-order chi connectivity index (χ1) is 16.0. The van der Waals surface area contributed by atoms with Gasteiger partial charge < -0.3 is 0 Å². The molecule has 33 heavy (non-hydrogen) atoms. The Morgan fingerprint density at radius 3 is 1.30 bits per heavy atom. The van der Waals surface area contributed by atoms with Gasteiger partial charge in [0, 0.05) is 21.2 Å². The number of benzene rings is 4. The molecule has 0 aliphatic rings. The molecule has 4 rings (SSSR count). The molecule has 0 unspecified atom stereocenters. The summed E-state index contributed by atoms with van der Waals surface area (Å²) in [6, 6.07) is 33.4. The lowest BCUT2D eigenvalue weighted by Crippen LogP contribution is -2.34. The molecule has 2 amide bonds. The Bertz CT molecular complexity index is 1110. The van der Waals surface area contributed by atoms with Crippen molar-refractivity contribution in [1.29, 1.82) is 0 Å². The van der Waals surface area contributed by atoms with Gasteiger partial charge in [-0.1, -0.05) is 96.0 Å². The first-order valence-corrected chi connectivity index (χ1v) is 10.7. The summed E-state index contributed by atoms with van der Waals surface area (Å²) in [6.45, 7) is 0. The van der Waals surface area contributed by atoms with Crippen LogP contribution < -0.4 is 11.0 Å². The SMILES string of the molecule is O=C(NONC(=O)c1cccc(Cl)c1)c1cccc(Cl)c1.c1ccc(-c2ccccc2)cc1. The number of hydrogen-bond acceptors (Lipinski definition) is 3. The Morgan fingerprint density at radius 2 is 0.939 bits per heavy atom. The molecule has 0 aliphatic heterocycles. The fourth-order valence-electron chi connectivity index (χ4n) is 2.76. The van der Waals surface area contributed by atoms with Gasteiger partial charge >= 0.3 is 0 Å². The average Bonchev–Trinajstić information content (AvgIpc) is 2.85. The second kappa shape index (κ2) is 12.4. The smallest absolute Gasteiger partial charge is 0.267 e. The number of carbonyl (C=O) groups is 2. The van der Waals surface area contributed by atoms with E-state index in [-0.39, 0.29) is 0 Å². The summed E-state index contributed by atoms with van der Waals surface area (Å²) in [5, 5.41) is 0.844. The van der Waals surface area contributed by atoms with E-state index in [9.17, 15) is 9.59 Å². The highest BCUT2D eigenvalue weighted by atomic mass is 35.5. The molecule has 0 fully saturated rings. The van der Waals surface area contributed by atoms with Crippen LogP contribution >= 0.6 is 23.2 Å². The van der Waals surface area contributed by atoms with Crippen molar-refractivity contribution in [2.45, 2.75) is 0 Å². The number of halogens is 2. The minimum absolute atomic E-state index is 0.305. The Morgan fingerprint density at radius 1 is 0.545 bits per heavy atom. The lowest BCUT2D eigenvalue weighted by molar-refractivity contribution is -0.0184. The third-order valence-corrected chi connectivity index (χ3v) is 4.81. The van der Waals surface area contributed by atoms with Crippen LogP contribution in [0.4, 0.5) is 0 Å². The van der Waals surface area contributed by atoms with E-state index >= 15 is 0 Å². The zero-order valence-corrected chi connectivity index (χ0v) is 18.9. The first-order valence-electron chi connectivity index (χ1n) is 9.91. The molecule has 0 radical (unpaired) electrons. The molecule has 0 atom stereocenters. The number of nitrogens with one attached hydrogen (secondary N) is 2. The van der Waals surface area contributed by atoms with E-state index in [0.717, 1.165) is 0 Å². The molecule has 2 N–H and O–H groups in total. The van der Waals surface area contributed by atoms with Crippen LogP contribution in [0.5, 0.6) is 0 Å². The molecule has 166 valence electrons. The summed E-state index contributed by atoms with van der Waals surface area (Å²) in [4.78, 5) is 28.1. The van der Waals surface area contributed by atoms with E-state index in [2.05, 4.69) is 64.4 Å². The maximum atomic E-state index is 11.7. The fourth-order valence-corrected chi connectivity index (χ4v) is 3.14. The van der Waals surface area contributed by atoms with E-state index in [4.69, 9.17) is 23.2 Å². The molecule has 0 aromatic heterocycles. The second-order valence-corrected chi connectivity index (χ2v) is 7.59. The van der Waals surface area contributed by atoms with Crippen molar-refractivity contribution in [3.05, 3.63) is 130 Å². The van der Waals surface area contributed by atoms with Gasteiger partial charge in [0.25, 0.3) is 11.8 Å². The highest BCUT2D eigenvalue weighted by Gasteiger charge is 2.09. The molecule has 0 saturated heterocycles. The summed E-state index contributed by atoms with van der Waals surface area (Å²) in [6.07, 6.45) is 0. The molecule has 0 bridgehead atoms.